The molecule has 0 aliphatic rings. The number of aryl methyl sites for hydroxylation is 1. The number of rotatable bonds is 5. The quantitative estimate of drug-likeness (QED) is 0.579. The van der Waals surface area contributed by atoms with Gasteiger partial charge in [-0.25, -0.2) is 4.98 Å². The molecular weight excluding hydrogens is 308 g/mol. The minimum absolute atomic E-state index is 0.668. The van der Waals surface area contributed by atoms with Gasteiger partial charge in [-0.2, -0.15) is 0 Å². The first-order chi connectivity index (χ1) is 12.3. The summed E-state index contributed by atoms with van der Waals surface area (Å²) < 4.78 is 7.63. The summed E-state index contributed by atoms with van der Waals surface area (Å²) in [5.41, 5.74) is 1.34. The van der Waals surface area contributed by atoms with Gasteiger partial charge in [0.25, 0.3) is 0 Å². The zero-order chi connectivity index (χ0) is 19.9. The molecule has 0 aliphatic heterocycles. The molecule has 0 atom stereocenters. The van der Waals surface area contributed by atoms with Crippen LogP contribution in [0.15, 0.2) is 43.0 Å². The van der Waals surface area contributed by atoms with Crippen LogP contribution in [0, 0.1) is 0 Å². The molecular formula is C22H42N2O. The Morgan fingerprint density at radius 2 is 1.40 bits per heavy atom. The molecule has 0 N–H and O–H groups in total. The molecule has 0 amide bonds. The highest BCUT2D eigenvalue weighted by atomic mass is 16.5. The average molecular weight is 351 g/mol. The molecule has 0 saturated carbocycles. The third kappa shape index (κ3) is 16.9. The zero-order valence-corrected chi connectivity index (χ0v) is 18.2. The van der Waals surface area contributed by atoms with Gasteiger partial charge in [0.15, 0.2) is 0 Å². The van der Waals surface area contributed by atoms with E-state index < -0.39 is 0 Å². The van der Waals surface area contributed by atoms with E-state index >= 15 is 0 Å². The molecule has 2 aromatic rings. The van der Waals surface area contributed by atoms with Gasteiger partial charge in [0.1, 0.15) is 12.4 Å². The van der Waals surface area contributed by atoms with E-state index in [-0.39, 0.29) is 0 Å². The summed E-state index contributed by atoms with van der Waals surface area (Å²) in [5.74, 6) is 0.928. The number of benzene rings is 1. The molecule has 1 aromatic heterocycles. The van der Waals surface area contributed by atoms with Crippen LogP contribution in [0.4, 0.5) is 0 Å². The van der Waals surface area contributed by atoms with Crippen molar-refractivity contribution in [2.24, 2.45) is 0 Å². The monoisotopic (exact) mass is 350 g/mol. The number of hydrogen-bond donors (Lipinski definition) is 0. The Balaban J connectivity index is -0.000000464. The SMILES string of the molecule is CC.CC.CC.CCC.CCc1ccc(OCCn2ccnc2)cc1. The van der Waals surface area contributed by atoms with E-state index in [0.29, 0.717) is 6.61 Å². The topological polar surface area (TPSA) is 27.1 Å². The molecule has 0 unspecified atom stereocenters. The van der Waals surface area contributed by atoms with Gasteiger partial charge >= 0.3 is 0 Å². The summed E-state index contributed by atoms with van der Waals surface area (Å²) in [7, 11) is 0. The van der Waals surface area contributed by atoms with Crippen LogP contribution in [-0.4, -0.2) is 16.2 Å². The average Bonchev–Trinajstić information content (AvgIpc) is 3.21. The molecule has 0 aliphatic carbocycles. The Kier molecular flexibility index (Phi) is 27.5. The number of hydrogen-bond acceptors (Lipinski definition) is 2. The Hall–Kier alpha value is -1.77. The van der Waals surface area contributed by atoms with E-state index in [2.05, 4.69) is 37.9 Å². The fourth-order valence-electron chi connectivity index (χ4n) is 1.51. The van der Waals surface area contributed by atoms with Crippen molar-refractivity contribution in [3.05, 3.63) is 48.5 Å². The molecule has 0 radical (unpaired) electrons. The first-order valence-corrected chi connectivity index (χ1v) is 9.97. The molecule has 2 rings (SSSR count). The van der Waals surface area contributed by atoms with Crippen LogP contribution in [0.3, 0.4) is 0 Å². The van der Waals surface area contributed by atoms with Crippen molar-refractivity contribution in [2.75, 3.05) is 6.61 Å². The Morgan fingerprint density at radius 1 is 0.880 bits per heavy atom. The lowest BCUT2D eigenvalue weighted by molar-refractivity contribution is 0.298. The van der Waals surface area contributed by atoms with E-state index in [9.17, 15) is 0 Å². The van der Waals surface area contributed by atoms with Crippen LogP contribution in [0.1, 0.15) is 74.3 Å². The Labute approximate surface area is 157 Å². The van der Waals surface area contributed by atoms with Gasteiger partial charge in [0.2, 0.25) is 0 Å². The molecule has 0 bridgehead atoms. The summed E-state index contributed by atoms with van der Waals surface area (Å²) >= 11 is 0. The predicted octanol–water partition coefficient (Wildman–Crippen LogP) is 7.02. The molecule has 3 nitrogen and oxygen atoms in total. The molecule has 1 heterocycles. The Morgan fingerprint density at radius 3 is 1.80 bits per heavy atom. The lowest BCUT2D eigenvalue weighted by Crippen LogP contribution is -2.06. The summed E-state index contributed by atoms with van der Waals surface area (Å²) in [6.45, 7) is 19.9. The minimum Gasteiger partial charge on any atom is -0.492 e. The molecule has 25 heavy (non-hydrogen) atoms. The van der Waals surface area contributed by atoms with Crippen molar-refractivity contribution in [2.45, 2.75) is 81.7 Å². The normalized spacial score (nSPS) is 8.04. The number of aromatic nitrogens is 2. The third-order valence-electron chi connectivity index (χ3n) is 2.51. The molecule has 0 fully saturated rings. The first kappa shape index (κ1) is 28.1. The highest BCUT2D eigenvalue weighted by Crippen LogP contribution is 2.12. The fourth-order valence-corrected chi connectivity index (χ4v) is 1.51. The van der Waals surface area contributed by atoms with Crippen LogP contribution in [0.25, 0.3) is 0 Å². The highest BCUT2D eigenvalue weighted by Gasteiger charge is 1.94. The summed E-state index contributed by atoms with van der Waals surface area (Å²) in [6.07, 6.45) is 7.82. The van der Waals surface area contributed by atoms with Gasteiger partial charge in [0, 0.05) is 12.4 Å². The van der Waals surface area contributed by atoms with Gasteiger partial charge in [-0.05, 0) is 24.1 Å². The highest BCUT2D eigenvalue weighted by molar-refractivity contribution is 5.27. The van der Waals surface area contributed by atoms with Gasteiger partial charge < -0.3 is 9.30 Å². The van der Waals surface area contributed by atoms with Crippen molar-refractivity contribution in [3.63, 3.8) is 0 Å². The third-order valence-corrected chi connectivity index (χ3v) is 2.51. The molecule has 1 aromatic carbocycles. The smallest absolute Gasteiger partial charge is 0.119 e. The summed E-state index contributed by atoms with van der Waals surface area (Å²) in [4.78, 5) is 3.98. The van der Waals surface area contributed by atoms with Crippen molar-refractivity contribution >= 4 is 0 Å². The van der Waals surface area contributed by atoms with E-state index in [0.717, 1.165) is 18.7 Å². The first-order valence-electron chi connectivity index (χ1n) is 9.97. The van der Waals surface area contributed by atoms with E-state index in [4.69, 9.17) is 4.74 Å². The second-order valence-corrected chi connectivity index (χ2v) is 4.35. The minimum atomic E-state index is 0.668. The van der Waals surface area contributed by atoms with Gasteiger partial charge in [0.05, 0.1) is 12.9 Å². The second-order valence-electron chi connectivity index (χ2n) is 4.35. The number of ether oxygens (including phenoxy) is 1. The maximum absolute atomic E-state index is 5.63. The van der Waals surface area contributed by atoms with Crippen molar-refractivity contribution in [3.8, 4) is 5.75 Å². The van der Waals surface area contributed by atoms with Crippen molar-refractivity contribution in [1.82, 2.24) is 9.55 Å². The fraction of sp³-hybridized carbons (Fsp3) is 0.591. The maximum Gasteiger partial charge on any atom is 0.119 e. The van der Waals surface area contributed by atoms with E-state index in [1.54, 1.807) is 12.5 Å². The van der Waals surface area contributed by atoms with Gasteiger partial charge in [-0.15, -0.1) is 0 Å². The lowest BCUT2D eigenvalue weighted by Gasteiger charge is -2.07. The standard InChI is InChI=1S/C13H16N2O.C3H8.3C2H6/c1-2-12-3-5-13(6-4-12)16-10-9-15-8-7-14-11-15;1-3-2;3*1-2/h3-8,11H,2,9-10H2,1H3;3H2,1-2H3;3*1-2H3. The van der Waals surface area contributed by atoms with Crippen LogP contribution in [0.5, 0.6) is 5.75 Å². The largest absolute Gasteiger partial charge is 0.492 e. The maximum atomic E-state index is 5.63. The van der Waals surface area contributed by atoms with E-state index in [1.165, 1.54) is 12.0 Å². The van der Waals surface area contributed by atoms with E-state index in [1.807, 2.05) is 64.4 Å². The van der Waals surface area contributed by atoms with Crippen molar-refractivity contribution in [1.29, 1.82) is 0 Å². The second kappa shape index (κ2) is 24.5. The zero-order valence-electron chi connectivity index (χ0n) is 18.2. The van der Waals surface area contributed by atoms with Crippen LogP contribution in [-0.2, 0) is 13.0 Å². The Bertz CT molecular complexity index is 422. The van der Waals surface area contributed by atoms with Crippen LogP contribution < -0.4 is 4.74 Å². The number of nitrogens with zero attached hydrogens (tertiary/aromatic N) is 2. The van der Waals surface area contributed by atoms with Gasteiger partial charge in [-0.3, -0.25) is 0 Å². The summed E-state index contributed by atoms with van der Waals surface area (Å²) in [5, 5.41) is 0. The molecule has 0 saturated heterocycles. The van der Waals surface area contributed by atoms with Crippen molar-refractivity contribution < 1.29 is 4.74 Å². The van der Waals surface area contributed by atoms with Gasteiger partial charge in [-0.1, -0.05) is 80.9 Å². The predicted molar refractivity (Wildman–Crippen MR) is 114 cm³/mol. The molecule has 0 spiro atoms. The molecule has 146 valence electrons. The summed E-state index contributed by atoms with van der Waals surface area (Å²) in [6, 6.07) is 8.25. The molecule has 3 heteroatoms. The number of imidazole rings is 1. The van der Waals surface area contributed by atoms with Crippen LogP contribution in [0.2, 0.25) is 0 Å². The lowest BCUT2D eigenvalue weighted by atomic mass is 10.2. The van der Waals surface area contributed by atoms with Crippen LogP contribution >= 0.6 is 0 Å².